The van der Waals surface area contributed by atoms with Crippen molar-refractivity contribution in [2.24, 2.45) is 0 Å². The Morgan fingerprint density at radius 1 is 1.19 bits per heavy atom. The molecule has 0 saturated carbocycles. The largest absolute Gasteiger partial charge is 0.496 e. The summed E-state index contributed by atoms with van der Waals surface area (Å²) in [6.45, 7) is 0.617. The smallest absolute Gasteiger partial charge is 0.262 e. The van der Waals surface area contributed by atoms with Gasteiger partial charge in [0.1, 0.15) is 23.6 Å². The van der Waals surface area contributed by atoms with E-state index < -0.39 is 0 Å². The lowest BCUT2D eigenvalue weighted by molar-refractivity contribution is -0.118. The van der Waals surface area contributed by atoms with Crippen molar-refractivity contribution >= 4 is 23.3 Å². The fourth-order valence-corrected chi connectivity index (χ4v) is 3.41. The van der Waals surface area contributed by atoms with Crippen molar-refractivity contribution in [3.8, 4) is 22.8 Å². The Balaban J connectivity index is 1.43. The molecule has 0 spiro atoms. The summed E-state index contributed by atoms with van der Waals surface area (Å²) in [6, 6.07) is 12.8. The first-order valence-corrected chi connectivity index (χ1v) is 10.1. The highest BCUT2D eigenvalue weighted by molar-refractivity contribution is 5.96. The van der Waals surface area contributed by atoms with E-state index in [1.807, 2.05) is 24.3 Å². The molecule has 1 aliphatic heterocycles. The van der Waals surface area contributed by atoms with Gasteiger partial charge in [-0.1, -0.05) is 12.1 Å². The van der Waals surface area contributed by atoms with Gasteiger partial charge in [0, 0.05) is 30.8 Å². The van der Waals surface area contributed by atoms with Crippen molar-refractivity contribution < 1.29 is 19.1 Å². The maximum absolute atomic E-state index is 11.8. The predicted octanol–water partition coefficient (Wildman–Crippen LogP) is 2.50. The van der Waals surface area contributed by atoms with E-state index >= 15 is 0 Å². The van der Waals surface area contributed by atoms with Gasteiger partial charge in [-0.2, -0.15) is 0 Å². The van der Waals surface area contributed by atoms with Gasteiger partial charge in [-0.15, -0.1) is 0 Å². The second-order valence-corrected chi connectivity index (χ2v) is 7.12. The van der Waals surface area contributed by atoms with E-state index in [0.29, 0.717) is 41.5 Å². The van der Waals surface area contributed by atoms with Crippen LogP contribution in [0.25, 0.3) is 11.3 Å². The van der Waals surface area contributed by atoms with Gasteiger partial charge in [-0.25, -0.2) is 9.97 Å². The monoisotopic (exact) mass is 433 g/mol. The summed E-state index contributed by atoms with van der Waals surface area (Å²) in [5.74, 6) is 1.64. The Labute approximate surface area is 185 Å². The normalized spacial score (nSPS) is 12.2. The van der Waals surface area contributed by atoms with E-state index in [1.54, 1.807) is 32.4 Å². The van der Waals surface area contributed by atoms with Gasteiger partial charge in [-0.3, -0.25) is 9.59 Å². The highest BCUT2D eigenvalue weighted by atomic mass is 16.5. The molecule has 0 saturated heterocycles. The maximum atomic E-state index is 11.8. The molecule has 1 aromatic heterocycles. The molecule has 3 N–H and O–H groups in total. The van der Waals surface area contributed by atoms with E-state index in [4.69, 9.17) is 9.47 Å². The third-order valence-electron chi connectivity index (χ3n) is 5.05. The number of hydrogen-bond donors (Lipinski definition) is 3. The SMILES string of the molecule is CNC(=O)c1ccc(CCNc2cc(-c3ccc4c(c3)OCC(=O)N4)ncn2)c(OC)c1. The van der Waals surface area contributed by atoms with Crippen LogP contribution in [0.3, 0.4) is 0 Å². The van der Waals surface area contributed by atoms with E-state index in [2.05, 4.69) is 25.9 Å². The summed E-state index contributed by atoms with van der Waals surface area (Å²) >= 11 is 0. The molecule has 1 aliphatic rings. The standard InChI is InChI=1S/C23H23N5O4/c1-24-23(30)16-4-3-14(19(10-16)31-2)7-8-25-21-11-18(26-13-27-21)15-5-6-17-20(9-15)32-12-22(29)28-17/h3-6,9-11,13H,7-8,12H2,1-2H3,(H,24,30)(H,28,29)(H,25,26,27). The molecule has 2 heterocycles. The third-order valence-corrected chi connectivity index (χ3v) is 5.05. The molecule has 0 atom stereocenters. The van der Waals surface area contributed by atoms with Crippen LogP contribution in [0.2, 0.25) is 0 Å². The van der Waals surface area contributed by atoms with Crippen LogP contribution in [-0.2, 0) is 11.2 Å². The number of carbonyl (C=O) groups excluding carboxylic acids is 2. The van der Waals surface area contributed by atoms with Crippen molar-refractivity contribution in [2.45, 2.75) is 6.42 Å². The van der Waals surface area contributed by atoms with Gasteiger partial charge in [0.05, 0.1) is 18.5 Å². The molecule has 0 aliphatic carbocycles. The second kappa shape index (κ2) is 9.34. The second-order valence-electron chi connectivity index (χ2n) is 7.12. The fraction of sp³-hybridized carbons (Fsp3) is 0.217. The summed E-state index contributed by atoms with van der Waals surface area (Å²) in [5.41, 5.74) is 3.77. The maximum Gasteiger partial charge on any atom is 0.262 e. The van der Waals surface area contributed by atoms with E-state index in [9.17, 15) is 9.59 Å². The van der Waals surface area contributed by atoms with Crippen molar-refractivity contribution in [1.29, 1.82) is 0 Å². The molecular formula is C23H23N5O4. The van der Waals surface area contributed by atoms with Crippen LogP contribution < -0.4 is 25.4 Å². The van der Waals surface area contributed by atoms with Crippen LogP contribution in [0.1, 0.15) is 15.9 Å². The Kier molecular flexibility index (Phi) is 6.16. The van der Waals surface area contributed by atoms with Crippen LogP contribution in [0.15, 0.2) is 48.8 Å². The highest BCUT2D eigenvalue weighted by Crippen LogP contribution is 2.32. The van der Waals surface area contributed by atoms with Gasteiger partial charge in [0.25, 0.3) is 11.8 Å². The Morgan fingerprint density at radius 3 is 2.88 bits per heavy atom. The predicted molar refractivity (Wildman–Crippen MR) is 120 cm³/mol. The van der Waals surface area contributed by atoms with E-state index in [0.717, 1.165) is 16.8 Å². The number of amides is 2. The number of carbonyl (C=O) groups is 2. The molecule has 2 aromatic carbocycles. The number of aromatic nitrogens is 2. The molecule has 0 fully saturated rings. The summed E-state index contributed by atoms with van der Waals surface area (Å²) in [4.78, 5) is 31.9. The number of rotatable bonds is 7. The van der Waals surface area contributed by atoms with Crippen molar-refractivity contribution in [1.82, 2.24) is 15.3 Å². The molecule has 4 rings (SSSR count). The number of hydrogen-bond acceptors (Lipinski definition) is 7. The van der Waals surface area contributed by atoms with Gasteiger partial charge in [-0.05, 0) is 36.2 Å². The van der Waals surface area contributed by atoms with Crippen molar-refractivity contribution in [2.75, 3.05) is 37.9 Å². The Bertz CT molecular complexity index is 1160. The van der Waals surface area contributed by atoms with Crippen LogP contribution in [0, 0.1) is 0 Å². The Hall–Kier alpha value is -4.14. The van der Waals surface area contributed by atoms with Gasteiger partial charge in [0.15, 0.2) is 6.61 Å². The van der Waals surface area contributed by atoms with E-state index in [1.165, 1.54) is 6.33 Å². The Morgan fingerprint density at radius 2 is 2.06 bits per heavy atom. The number of nitrogens with one attached hydrogen (secondary N) is 3. The van der Waals surface area contributed by atoms with Crippen molar-refractivity contribution in [3.63, 3.8) is 0 Å². The molecular weight excluding hydrogens is 410 g/mol. The lowest BCUT2D eigenvalue weighted by atomic mass is 10.1. The van der Waals surface area contributed by atoms with Crippen LogP contribution in [0.5, 0.6) is 11.5 Å². The fourth-order valence-electron chi connectivity index (χ4n) is 3.41. The minimum absolute atomic E-state index is 0.000587. The highest BCUT2D eigenvalue weighted by Gasteiger charge is 2.17. The minimum Gasteiger partial charge on any atom is -0.496 e. The first-order chi connectivity index (χ1) is 15.6. The molecule has 2 amide bonds. The topological polar surface area (TPSA) is 114 Å². The molecule has 9 nitrogen and oxygen atoms in total. The molecule has 0 radical (unpaired) electrons. The molecule has 3 aromatic rings. The number of methoxy groups -OCH3 is 1. The number of anilines is 2. The van der Waals surface area contributed by atoms with Gasteiger partial charge >= 0.3 is 0 Å². The quantitative estimate of drug-likeness (QED) is 0.524. The first kappa shape index (κ1) is 21.1. The van der Waals surface area contributed by atoms with Gasteiger partial charge in [0.2, 0.25) is 0 Å². The average molecular weight is 433 g/mol. The first-order valence-electron chi connectivity index (χ1n) is 10.1. The number of fused-ring (bicyclic) bond motifs is 1. The number of ether oxygens (including phenoxy) is 2. The summed E-state index contributed by atoms with van der Waals surface area (Å²) in [7, 11) is 3.18. The van der Waals surface area contributed by atoms with Crippen molar-refractivity contribution in [3.05, 3.63) is 59.9 Å². The van der Waals surface area contributed by atoms with Gasteiger partial charge < -0.3 is 25.4 Å². The summed E-state index contributed by atoms with van der Waals surface area (Å²) in [6.07, 6.45) is 2.18. The molecule has 32 heavy (non-hydrogen) atoms. The molecule has 0 unspecified atom stereocenters. The van der Waals surface area contributed by atoms with Crippen LogP contribution in [0.4, 0.5) is 11.5 Å². The number of nitrogens with zero attached hydrogens (tertiary/aromatic N) is 2. The lowest BCUT2D eigenvalue weighted by Gasteiger charge is -2.18. The minimum atomic E-state index is -0.168. The van der Waals surface area contributed by atoms with Crippen LogP contribution >= 0.6 is 0 Å². The average Bonchev–Trinajstić information content (AvgIpc) is 2.83. The van der Waals surface area contributed by atoms with E-state index in [-0.39, 0.29) is 18.4 Å². The summed E-state index contributed by atoms with van der Waals surface area (Å²) < 4.78 is 10.9. The lowest BCUT2D eigenvalue weighted by Crippen LogP contribution is -2.25. The number of benzene rings is 2. The zero-order valence-electron chi connectivity index (χ0n) is 17.8. The zero-order chi connectivity index (χ0) is 22.5. The molecule has 164 valence electrons. The van der Waals surface area contributed by atoms with Crippen LogP contribution in [-0.4, -0.2) is 49.1 Å². The zero-order valence-corrected chi connectivity index (χ0v) is 17.8. The molecule has 0 bridgehead atoms. The summed E-state index contributed by atoms with van der Waals surface area (Å²) in [5, 5.41) is 8.68. The third kappa shape index (κ3) is 4.61. The molecule has 9 heteroatoms.